The Morgan fingerprint density at radius 1 is 1.14 bits per heavy atom. The van der Waals surface area contributed by atoms with Crippen LogP contribution < -0.4 is 11.1 Å². The molecule has 28 heavy (non-hydrogen) atoms. The number of benzene rings is 1. The maximum absolute atomic E-state index is 10.1. The molecule has 7 nitrogen and oxygen atoms in total. The molecule has 146 valence electrons. The highest BCUT2D eigenvalue weighted by Crippen LogP contribution is 2.32. The molecule has 0 amide bonds. The summed E-state index contributed by atoms with van der Waals surface area (Å²) in [6.07, 6.45) is 7.88. The van der Waals surface area contributed by atoms with Gasteiger partial charge in [-0.2, -0.15) is 0 Å². The highest BCUT2D eigenvalue weighted by atomic mass is 16.5. The van der Waals surface area contributed by atoms with Crippen LogP contribution in [0.5, 0.6) is 5.75 Å². The van der Waals surface area contributed by atoms with Crippen molar-refractivity contribution in [1.82, 2.24) is 15.0 Å². The molecular formula is C21H25N5O2. The lowest BCUT2D eigenvalue weighted by molar-refractivity contribution is 0.0681. The van der Waals surface area contributed by atoms with E-state index in [0.717, 1.165) is 47.9 Å². The van der Waals surface area contributed by atoms with Crippen LogP contribution in [0.25, 0.3) is 22.0 Å². The molecule has 1 saturated carbocycles. The number of methoxy groups -OCH3 is 1. The fourth-order valence-corrected chi connectivity index (χ4v) is 3.72. The molecule has 1 aliphatic rings. The fourth-order valence-electron chi connectivity index (χ4n) is 3.72. The van der Waals surface area contributed by atoms with Crippen LogP contribution in [-0.2, 0) is 4.74 Å². The number of phenols is 1. The molecule has 2 aromatic heterocycles. The second-order valence-electron chi connectivity index (χ2n) is 7.37. The quantitative estimate of drug-likeness (QED) is 0.635. The number of aromatic hydroxyl groups is 1. The average molecular weight is 379 g/mol. The monoisotopic (exact) mass is 379 g/mol. The summed E-state index contributed by atoms with van der Waals surface area (Å²) in [6.45, 7) is 1.86. The first-order valence-corrected chi connectivity index (χ1v) is 9.55. The van der Waals surface area contributed by atoms with Crippen LogP contribution in [0.3, 0.4) is 0 Å². The third-order valence-electron chi connectivity index (χ3n) is 5.51. The molecule has 0 bridgehead atoms. The van der Waals surface area contributed by atoms with Gasteiger partial charge in [-0.25, -0.2) is 15.0 Å². The van der Waals surface area contributed by atoms with Crippen molar-refractivity contribution in [3.05, 3.63) is 36.2 Å². The first kappa shape index (κ1) is 18.4. The summed E-state index contributed by atoms with van der Waals surface area (Å²) in [6, 6.07) is 5.88. The molecule has 0 spiro atoms. The third-order valence-corrected chi connectivity index (χ3v) is 5.51. The number of nitrogens with one attached hydrogen (secondary N) is 1. The van der Waals surface area contributed by atoms with Gasteiger partial charge in [0.15, 0.2) is 0 Å². The summed E-state index contributed by atoms with van der Waals surface area (Å²) in [4.78, 5) is 13.5. The number of nitrogens with zero attached hydrogens (tertiary/aromatic N) is 3. The molecule has 0 unspecified atom stereocenters. The van der Waals surface area contributed by atoms with E-state index in [0.29, 0.717) is 29.3 Å². The third kappa shape index (κ3) is 3.57. The van der Waals surface area contributed by atoms with E-state index in [2.05, 4.69) is 15.3 Å². The lowest BCUT2D eigenvalue weighted by Crippen LogP contribution is -2.29. The maximum atomic E-state index is 10.1. The van der Waals surface area contributed by atoms with Crippen LogP contribution in [0, 0.1) is 6.92 Å². The molecule has 2 heterocycles. The summed E-state index contributed by atoms with van der Waals surface area (Å²) in [5.74, 6) is 1.21. The van der Waals surface area contributed by atoms with Gasteiger partial charge in [0, 0.05) is 31.1 Å². The predicted octanol–water partition coefficient (Wildman–Crippen LogP) is 3.66. The lowest BCUT2D eigenvalue weighted by atomic mass is 9.93. The first-order chi connectivity index (χ1) is 13.5. The molecule has 0 aliphatic heterocycles. The number of phenolic OH excluding ortho intramolecular Hbond substituents is 1. The molecular weight excluding hydrogens is 354 g/mol. The minimum atomic E-state index is 0.241. The number of nitrogen functional groups attached to an aromatic ring is 1. The van der Waals surface area contributed by atoms with Gasteiger partial charge in [0.25, 0.3) is 0 Å². The van der Waals surface area contributed by atoms with Gasteiger partial charge in [0.2, 0.25) is 5.95 Å². The van der Waals surface area contributed by atoms with Crippen LogP contribution >= 0.6 is 0 Å². The number of hydrogen-bond acceptors (Lipinski definition) is 7. The Balaban J connectivity index is 1.68. The van der Waals surface area contributed by atoms with Crippen molar-refractivity contribution in [2.45, 2.75) is 44.8 Å². The number of rotatable bonds is 4. The summed E-state index contributed by atoms with van der Waals surface area (Å²) in [5.41, 5.74) is 9.24. The van der Waals surface area contributed by atoms with Gasteiger partial charge in [-0.1, -0.05) is 12.1 Å². The van der Waals surface area contributed by atoms with Gasteiger partial charge in [0.1, 0.15) is 11.6 Å². The van der Waals surface area contributed by atoms with E-state index in [4.69, 9.17) is 15.5 Å². The van der Waals surface area contributed by atoms with Crippen LogP contribution in [0.1, 0.15) is 31.2 Å². The van der Waals surface area contributed by atoms with Crippen molar-refractivity contribution in [1.29, 1.82) is 0 Å². The summed E-state index contributed by atoms with van der Waals surface area (Å²) < 4.78 is 5.44. The smallest absolute Gasteiger partial charge is 0.223 e. The number of nitrogens with two attached hydrogens (primary N) is 1. The van der Waals surface area contributed by atoms with E-state index < -0.39 is 0 Å². The lowest BCUT2D eigenvalue weighted by Gasteiger charge is -2.28. The first-order valence-electron chi connectivity index (χ1n) is 9.55. The van der Waals surface area contributed by atoms with E-state index in [9.17, 15) is 5.11 Å². The molecule has 0 atom stereocenters. The van der Waals surface area contributed by atoms with Crippen LogP contribution in [0.4, 0.5) is 11.8 Å². The van der Waals surface area contributed by atoms with Crippen molar-refractivity contribution in [3.63, 3.8) is 0 Å². The standard InChI is InChI=1S/C21H25N5O2/c1-12-3-4-13(9-18(12)27)16-10-23-20(22)17-11-24-21(26-19(16)17)25-14-5-7-15(28-2)8-6-14/h3-4,9-11,14-15,27H,5-8H2,1-2H3,(H2,22,23)(H,24,25,26). The van der Waals surface area contributed by atoms with E-state index in [1.165, 1.54) is 0 Å². The Kier molecular flexibility index (Phi) is 5.00. The normalized spacial score (nSPS) is 19.6. The van der Waals surface area contributed by atoms with Crippen molar-refractivity contribution >= 4 is 22.7 Å². The molecule has 4 N–H and O–H groups in total. The van der Waals surface area contributed by atoms with E-state index >= 15 is 0 Å². The zero-order valence-electron chi connectivity index (χ0n) is 16.1. The Bertz CT molecular complexity index is 999. The molecule has 0 saturated heterocycles. The fraction of sp³-hybridized carbons (Fsp3) is 0.381. The molecule has 0 radical (unpaired) electrons. The number of anilines is 2. The van der Waals surface area contributed by atoms with Crippen molar-refractivity contribution in [3.8, 4) is 16.9 Å². The number of ether oxygens (including phenoxy) is 1. The Hall–Kier alpha value is -2.93. The number of aromatic nitrogens is 3. The zero-order valence-corrected chi connectivity index (χ0v) is 16.1. The van der Waals surface area contributed by atoms with Gasteiger partial charge >= 0.3 is 0 Å². The van der Waals surface area contributed by atoms with Gasteiger partial charge in [-0.05, 0) is 49.8 Å². The Labute approximate surface area is 164 Å². The number of hydrogen-bond donors (Lipinski definition) is 3. The highest BCUT2D eigenvalue weighted by molar-refractivity contribution is 5.98. The molecule has 1 aliphatic carbocycles. The van der Waals surface area contributed by atoms with Gasteiger partial charge in [-0.3, -0.25) is 0 Å². The topological polar surface area (TPSA) is 106 Å². The molecule has 1 fully saturated rings. The number of fused-ring (bicyclic) bond motifs is 1. The van der Waals surface area contributed by atoms with Crippen LogP contribution in [0.2, 0.25) is 0 Å². The van der Waals surface area contributed by atoms with Gasteiger partial charge in [0.05, 0.1) is 17.0 Å². The molecule has 7 heteroatoms. The maximum Gasteiger partial charge on any atom is 0.223 e. The van der Waals surface area contributed by atoms with Crippen LogP contribution in [0.15, 0.2) is 30.6 Å². The van der Waals surface area contributed by atoms with Crippen LogP contribution in [-0.4, -0.2) is 39.3 Å². The number of aryl methyl sites for hydroxylation is 1. The average Bonchev–Trinajstić information content (AvgIpc) is 2.71. The highest BCUT2D eigenvalue weighted by Gasteiger charge is 2.21. The Morgan fingerprint density at radius 3 is 2.64 bits per heavy atom. The second-order valence-corrected chi connectivity index (χ2v) is 7.37. The minimum Gasteiger partial charge on any atom is -0.508 e. The van der Waals surface area contributed by atoms with E-state index in [1.54, 1.807) is 25.6 Å². The minimum absolute atomic E-state index is 0.241. The summed E-state index contributed by atoms with van der Waals surface area (Å²) in [5, 5.41) is 14.2. The molecule has 3 aromatic rings. The van der Waals surface area contributed by atoms with Gasteiger partial charge in [-0.15, -0.1) is 0 Å². The zero-order chi connectivity index (χ0) is 19.7. The number of pyridine rings is 1. The molecule has 1 aromatic carbocycles. The predicted molar refractivity (Wildman–Crippen MR) is 110 cm³/mol. The van der Waals surface area contributed by atoms with E-state index in [-0.39, 0.29) is 5.75 Å². The Morgan fingerprint density at radius 2 is 1.93 bits per heavy atom. The van der Waals surface area contributed by atoms with Crippen molar-refractivity contribution in [2.75, 3.05) is 18.2 Å². The van der Waals surface area contributed by atoms with Gasteiger partial charge < -0.3 is 20.9 Å². The van der Waals surface area contributed by atoms with Crippen molar-refractivity contribution < 1.29 is 9.84 Å². The van der Waals surface area contributed by atoms with Crippen molar-refractivity contribution in [2.24, 2.45) is 0 Å². The second kappa shape index (κ2) is 7.59. The molecule has 4 rings (SSSR count). The SMILES string of the molecule is COC1CCC(Nc2ncc3c(N)ncc(-c4ccc(C)c(O)c4)c3n2)CC1. The van der Waals surface area contributed by atoms with E-state index in [1.807, 2.05) is 19.1 Å². The summed E-state index contributed by atoms with van der Waals surface area (Å²) in [7, 11) is 1.77. The largest absolute Gasteiger partial charge is 0.508 e. The summed E-state index contributed by atoms with van der Waals surface area (Å²) >= 11 is 0.